The monoisotopic (exact) mass is 285 g/mol. The fraction of sp³-hybridized carbons (Fsp3) is 0.385. The predicted molar refractivity (Wildman–Crippen MR) is 78.6 cm³/mol. The molecular formula is C13H20ClN3O2. The Labute approximate surface area is 119 Å². The molecule has 0 aliphatic rings. The first kappa shape index (κ1) is 17.4. The standard InChI is InChI=1S/C13H19N3O2.ClH/c1-2-15-13(18)10-6-3-4-7-11(10)16-12(17)8-5-9-14;/h3-4,6-7H,2,5,8-9,14H2,1H3,(H,15,18)(H,16,17);1H. The zero-order valence-electron chi connectivity index (χ0n) is 10.9. The second-order valence-corrected chi connectivity index (χ2v) is 3.85. The van der Waals surface area contributed by atoms with Gasteiger partial charge in [-0.15, -0.1) is 12.4 Å². The van der Waals surface area contributed by atoms with Gasteiger partial charge in [-0.2, -0.15) is 0 Å². The summed E-state index contributed by atoms with van der Waals surface area (Å²) in [6.45, 7) is 2.88. The quantitative estimate of drug-likeness (QED) is 0.741. The van der Waals surface area contributed by atoms with Crippen LogP contribution in [0.4, 0.5) is 5.69 Å². The molecule has 1 aromatic rings. The summed E-state index contributed by atoms with van der Waals surface area (Å²) in [6, 6.07) is 6.94. The summed E-state index contributed by atoms with van der Waals surface area (Å²) in [6.07, 6.45) is 0.995. The van der Waals surface area contributed by atoms with E-state index in [9.17, 15) is 9.59 Å². The van der Waals surface area contributed by atoms with Gasteiger partial charge in [0.25, 0.3) is 5.91 Å². The molecule has 0 aliphatic carbocycles. The van der Waals surface area contributed by atoms with E-state index in [2.05, 4.69) is 10.6 Å². The molecule has 0 saturated carbocycles. The van der Waals surface area contributed by atoms with Crippen molar-refractivity contribution in [2.24, 2.45) is 5.73 Å². The minimum atomic E-state index is -0.188. The van der Waals surface area contributed by atoms with Crippen LogP contribution in [-0.4, -0.2) is 24.9 Å². The van der Waals surface area contributed by atoms with Gasteiger partial charge in [-0.25, -0.2) is 0 Å². The number of hydrogen-bond donors (Lipinski definition) is 3. The average molecular weight is 286 g/mol. The van der Waals surface area contributed by atoms with Gasteiger partial charge in [-0.1, -0.05) is 12.1 Å². The summed E-state index contributed by atoms with van der Waals surface area (Å²) in [4.78, 5) is 23.4. The Morgan fingerprint density at radius 3 is 2.58 bits per heavy atom. The molecule has 0 unspecified atom stereocenters. The van der Waals surface area contributed by atoms with Crippen LogP contribution < -0.4 is 16.4 Å². The lowest BCUT2D eigenvalue weighted by molar-refractivity contribution is -0.116. The minimum absolute atomic E-state index is 0. The molecule has 19 heavy (non-hydrogen) atoms. The molecule has 5 nitrogen and oxygen atoms in total. The number of para-hydroxylation sites is 1. The van der Waals surface area contributed by atoms with Crippen molar-refractivity contribution in [3.63, 3.8) is 0 Å². The van der Waals surface area contributed by atoms with Crippen LogP contribution >= 0.6 is 12.4 Å². The third-order valence-corrected chi connectivity index (χ3v) is 2.39. The fourth-order valence-corrected chi connectivity index (χ4v) is 1.52. The van der Waals surface area contributed by atoms with Gasteiger partial charge < -0.3 is 16.4 Å². The molecule has 1 aromatic carbocycles. The van der Waals surface area contributed by atoms with Gasteiger partial charge in [0.05, 0.1) is 11.3 Å². The van der Waals surface area contributed by atoms with E-state index in [0.29, 0.717) is 37.2 Å². The molecule has 0 spiro atoms. The van der Waals surface area contributed by atoms with E-state index >= 15 is 0 Å². The highest BCUT2D eigenvalue weighted by atomic mass is 35.5. The van der Waals surface area contributed by atoms with Crippen molar-refractivity contribution in [1.82, 2.24) is 5.32 Å². The van der Waals surface area contributed by atoms with Gasteiger partial charge in [0.2, 0.25) is 5.91 Å². The highest BCUT2D eigenvalue weighted by Crippen LogP contribution is 2.15. The van der Waals surface area contributed by atoms with Gasteiger partial charge >= 0.3 is 0 Å². The maximum absolute atomic E-state index is 11.8. The van der Waals surface area contributed by atoms with Crippen molar-refractivity contribution < 1.29 is 9.59 Å². The van der Waals surface area contributed by atoms with E-state index in [1.54, 1.807) is 24.3 Å². The fourth-order valence-electron chi connectivity index (χ4n) is 1.52. The van der Waals surface area contributed by atoms with Crippen LogP contribution in [0.5, 0.6) is 0 Å². The highest BCUT2D eigenvalue weighted by Gasteiger charge is 2.11. The highest BCUT2D eigenvalue weighted by molar-refractivity contribution is 6.03. The van der Waals surface area contributed by atoms with Crippen molar-refractivity contribution in [2.75, 3.05) is 18.4 Å². The molecule has 0 aliphatic heterocycles. The van der Waals surface area contributed by atoms with Crippen LogP contribution in [0, 0.1) is 0 Å². The van der Waals surface area contributed by atoms with Gasteiger partial charge in [0.1, 0.15) is 0 Å². The Bertz CT molecular complexity index is 424. The van der Waals surface area contributed by atoms with Crippen LogP contribution in [0.2, 0.25) is 0 Å². The molecule has 1 rings (SSSR count). The van der Waals surface area contributed by atoms with E-state index < -0.39 is 0 Å². The Kier molecular flexibility index (Phi) is 8.57. The van der Waals surface area contributed by atoms with Crippen molar-refractivity contribution in [1.29, 1.82) is 0 Å². The number of halogens is 1. The number of hydrogen-bond acceptors (Lipinski definition) is 3. The Hall–Kier alpha value is -1.59. The lowest BCUT2D eigenvalue weighted by atomic mass is 10.1. The Morgan fingerprint density at radius 2 is 1.95 bits per heavy atom. The van der Waals surface area contributed by atoms with Crippen LogP contribution in [-0.2, 0) is 4.79 Å². The molecule has 0 bridgehead atoms. The molecule has 4 N–H and O–H groups in total. The van der Waals surface area contributed by atoms with E-state index in [1.165, 1.54) is 0 Å². The molecule has 0 saturated heterocycles. The number of benzene rings is 1. The SMILES string of the molecule is CCNC(=O)c1ccccc1NC(=O)CCCN.Cl. The molecule has 2 amide bonds. The lowest BCUT2D eigenvalue weighted by Crippen LogP contribution is -2.24. The van der Waals surface area contributed by atoms with Crippen molar-refractivity contribution in [2.45, 2.75) is 19.8 Å². The zero-order chi connectivity index (χ0) is 13.4. The summed E-state index contributed by atoms with van der Waals surface area (Å²) >= 11 is 0. The maximum Gasteiger partial charge on any atom is 0.253 e. The number of carbonyl (C=O) groups excluding carboxylic acids is 2. The third-order valence-electron chi connectivity index (χ3n) is 2.39. The topological polar surface area (TPSA) is 84.2 Å². The molecule has 0 aromatic heterocycles. The van der Waals surface area contributed by atoms with Gasteiger partial charge in [0.15, 0.2) is 0 Å². The normalized spacial score (nSPS) is 9.37. The summed E-state index contributed by atoms with van der Waals surface area (Å²) in [7, 11) is 0. The number of nitrogens with one attached hydrogen (secondary N) is 2. The smallest absolute Gasteiger partial charge is 0.253 e. The third kappa shape index (κ3) is 5.72. The van der Waals surface area contributed by atoms with Crippen molar-refractivity contribution >= 4 is 29.9 Å². The first-order valence-electron chi connectivity index (χ1n) is 6.06. The van der Waals surface area contributed by atoms with Crippen molar-refractivity contribution in [3.8, 4) is 0 Å². The molecule has 106 valence electrons. The number of carbonyl (C=O) groups is 2. The van der Waals surface area contributed by atoms with E-state index in [1.807, 2.05) is 6.92 Å². The largest absolute Gasteiger partial charge is 0.352 e. The number of rotatable bonds is 6. The van der Waals surface area contributed by atoms with E-state index in [-0.39, 0.29) is 24.2 Å². The van der Waals surface area contributed by atoms with Gasteiger partial charge in [-0.05, 0) is 32.0 Å². The summed E-state index contributed by atoms with van der Waals surface area (Å²) in [5.41, 5.74) is 6.35. The van der Waals surface area contributed by atoms with Crippen LogP contribution in [0.25, 0.3) is 0 Å². The number of anilines is 1. The van der Waals surface area contributed by atoms with Gasteiger partial charge in [-0.3, -0.25) is 9.59 Å². The van der Waals surface area contributed by atoms with E-state index in [4.69, 9.17) is 5.73 Å². The average Bonchev–Trinajstić information content (AvgIpc) is 2.37. The molecule has 6 heteroatoms. The Balaban J connectivity index is 0.00000324. The second-order valence-electron chi connectivity index (χ2n) is 3.85. The molecule has 0 heterocycles. The van der Waals surface area contributed by atoms with E-state index in [0.717, 1.165) is 0 Å². The summed E-state index contributed by atoms with van der Waals surface area (Å²) in [5, 5.41) is 5.44. The van der Waals surface area contributed by atoms with Gasteiger partial charge in [0, 0.05) is 13.0 Å². The van der Waals surface area contributed by atoms with Crippen LogP contribution in [0.15, 0.2) is 24.3 Å². The predicted octanol–water partition coefficient (Wildman–Crippen LogP) is 1.54. The summed E-state index contributed by atoms with van der Waals surface area (Å²) in [5.74, 6) is -0.315. The minimum Gasteiger partial charge on any atom is -0.352 e. The van der Waals surface area contributed by atoms with Crippen LogP contribution in [0.1, 0.15) is 30.1 Å². The molecule has 0 fully saturated rings. The second kappa shape index (κ2) is 9.35. The number of nitrogens with two attached hydrogens (primary N) is 1. The van der Waals surface area contributed by atoms with Crippen LogP contribution in [0.3, 0.4) is 0 Å². The van der Waals surface area contributed by atoms with Crippen molar-refractivity contribution in [3.05, 3.63) is 29.8 Å². The lowest BCUT2D eigenvalue weighted by Gasteiger charge is -2.10. The zero-order valence-corrected chi connectivity index (χ0v) is 11.8. The molecule has 0 atom stereocenters. The first-order chi connectivity index (χ1) is 8.69. The summed E-state index contributed by atoms with van der Waals surface area (Å²) < 4.78 is 0. The molecular weight excluding hydrogens is 266 g/mol. The first-order valence-corrected chi connectivity index (χ1v) is 6.06. The number of amides is 2. The molecule has 0 radical (unpaired) electrons. The Morgan fingerprint density at radius 1 is 1.26 bits per heavy atom. The maximum atomic E-state index is 11.8.